The predicted molar refractivity (Wildman–Crippen MR) is 78.5 cm³/mol. The molecule has 0 saturated heterocycles. The molecule has 3 N–H and O–H groups in total. The first-order chi connectivity index (χ1) is 10.1. The van der Waals surface area contributed by atoms with Gasteiger partial charge < -0.3 is 20.3 Å². The Morgan fingerprint density at radius 3 is 2.90 bits per heavy atom. The van der Waals surface area contributed by atoms with Crippen molar-refractivity contribution in [2.75, 3.05) is 6.61 Å². The van der Waals surface area contributed by atoms with Gasteiger partial charge >= 0.3 is 0 Å². The Hall–Kier alpha value is -2.28. The van der Waals surface area contributed by atoms with Crippen molar-refractivity contribution in [2.24, 2.45) is 10.7 Å². The molecule has 1 atom stereocenters. The van der Waals surface area contributed by atoms with Gasteiger partial charge in [0.05, 0.1) is 5.56 Å². The number of nitrogens with two attached hydrogens (primary N) is 1. The molecule has 106 valence electrons. The average molecular weight is 348 g/mol. The molecule has 7 heteroatoms. The Labute approximate surface area is 128 Å². The highest BCUT2D eigenvalue weighted by molar-refractivity contribution is 9.10. The van der Waals surface area contributed by atoms with E-state index in [1.165, 1.54) is 0 Å². The summed E-state index contributed by atoms with van der Waals surface area (Å²) in [4.78, 5) is 8.75. The minimum atomic E-state index is -0.845. The van der Waals surface area contributed by atoms with Crippen molar-refractivity contribution in [3.8, 4) is 17.4 Å². The van der Waals surface area contributed by atoms with Crippen LogP contribution < -0.4 is 10.5 Å². The molecule has 1 spiro atoms. The standard InChI is InChI=1S/C14H10BrN3O3/c15-7-3-10-12(17-5-7)21-11-2-1-8(19)4-9(11)14(10)6-20-13(16)18-14/h1-5,19H,6H2,(H2,16,18)/t14-/m1/s1. The molecule has 0 radical (unpaired) electrons. The second-order valence-corrected chi connectivity index (χ2v) is 5.80. The third-order valence-corrected chi connectivity index (χ3v) is 4.04. The summed E-state index contributed by atoms with van der Waals surface area (Å²) in [6, 6.07) is 6.84. The Balaban J connectivity index is 2.05. The van der Waals surface area contributed by atoms with E-state index in [4.69, 9.17) is 15.2 Å². The van der Waals surface area contributed by atoms with E-state index in [1.54, 1.807) is 24.4 Å². The lowest BCUT2D eigenvalue weighted by atomic mass is 9.82. The molecule has 2 aliphatic heterocycles. The van der Waals surface area contributed by atoms with Crippen molar-refractivity contribution >= 4 is 22.0 Å². The maximum absolute atomic E-state index is 9.80. The summed E-state index contributed by atoms with van der Waals surface area (Å²) in [7, 11) is 0. The number of phenolic OH excluding ortho intramolecular Hbond substituents is 1. The highest BCUT2D eigenvalue weighted by Gasteiger charge is 2.47. The number of aromatic nitrogens is 1. The third kappa shape index (κ3) is 1.70. The fourth-order valence-corrected chi connectivity index (χ4v) is 3.02. The van der Waals surface area contributed by atoms with Crippen molar-refractivity contribution in [1.82, 2.24) is 4.98 Å². The molecule has 2 aliphatic rings. The topological polar surface area (TPSA) is 90.0 Å². The molecule has 4 rings (SSSR count). The average Bonchev–Trinajstić information content (AvgIpc) is 2.84. The normalized spacial score (nSPS) is 22.0. The highest BCUT2D eigenvalue weighted by atomic mass is 79.9. The Bertz CT molecular complexity index is 740. The summed E-state index contributed by atoms with van der Waals surface area (Å²) < 4.78 is 12.0. The van der Waals surface area contributed by atoms with E-state index in [9.17, 15) is 5.11 Å². The molecular weight excluding hydrogens is 338 g/mol. The fourth-order valence-electron chi connectivity index (χ4n) is 2.69. The molecule has 1 aromatic carbocycles. The maximum Gasteiger partial charge on any atom is 0.283 e. The van der Waals surface area contributed by atoms with Crippen molar-refractivity contribution in [1.29, 1.82) is 0 Å². The smallest absolute Gasteiger partial charge is 0.283 e. The van der Waals surface area contributed by atoms with Crippen LogP contribution in [0.4, 0.5) is 0 Å². The van der Waals surface area contributed by atoms with Crippen LogP contribution in [0.2, 0.25) is 0 Å². The lowest BCUT2D eigenvalue weighted by Gasteiger charge is -2.32. The number of ether oxygens (including phenoxy) is 2. The van der Waals surface area contributed by atoms with Gasteiger partial charge in [0.1, 0.15) is 18.1 Å². The molecule has 3 heterocycles. The van der Waals surface area contributed by atoms with Crippen molar-refractivity contribution in [3.63, 3.8) is 0 Å². The molecular formula is C14H10BrN3O3. The molecule has 2 aromatic rings. The van der Waals surface area contributed by atoms with Crippen LogP contribution in [-0.4, -0.2) is 22.7 Å². The first-order valence-electron chi connectivity index (χ1n) is 6.24. The molecule has 21 heavy (non-hydrogen) atoms. The lowest BCUT2D eigenvalue weighted by Crippen LogP contribution is -2.31. The van der Waals surface area contributed by atoms with Crippen molar-refractivity contribution in [2.45, 2.75) is 5.54 Å². The van der Waals surface area contributed by atoms with Crippen LogP contribution in [0.25, 0.3) is 0 Å². The monoisotopic (exact) mass is 347 g/mol. The molecule has 0 aliphatic carbocycles. The molecule has 6 nitrogen and oxygen atoms in total. The van der Waals surface area contributed by atoms with E-state index in [2.05, 4.69) is 25.9 Å². The van der Waals surface area contributed by atoms with Gasteiger partial charge in [0.2, 0.25) is 5.88 Å². The zero-order valence-corrected chi connectivity index (χ0v) is 12.3. The maximum atomic E-state index is 9.80. The highest BCUT2D eigenvalue weighted by Crippen LogP contribution is 2.51. The van der Waals surface area contributed by atoms with Crippen LogP contribution in [0.3, 0.4) is 0 Å². The first kappa shape index (κ1) is 12.5. The number of benzene rings is 1. The van der Waals surface area contributed by atoms with Gasteiger partial charge in [0, 0.05) is 16.2 Å². The molecule has 0 amide bonds. The first-order valence-corrected chi connectivity index (χ1v) is 7.03. The van der Waals surface area contributed by atoms with Crippen molar-refractivity contribution < 1.29 is 14.6 Å². The third-order valence-electron chi connectivity index (χ3n) is 3.61. The SMILES string of the molecule is NC1=N[C@]2(CO1)c1cc(O)ccc1Oc1ncc(Br)cc12. The Morgan fingerprint density at radius 2 is 2.14 bits per heavy atom. The van der Waals surface area contributed by atoms with Crippen LogP contribution in [0.15, 0.2) is 39.9 Å². The lowest BCUT2D eigenvalue weighted by molar-refractivity contribution is 0.262. The number of phenols is 1. The molecule has 1 aromatic heterocycles. The summed E-state index contributed by atoms with van der Waals surface area (Å²) >= 11 is 3.40. The molecule has 0 fully saturated rings. The molecule has 0 bridgehead atoms. The van der Waals surface area contributed by atoms with E-state index in [0.29, 0.717) is 17.2 Å². The van der Waals surface area contributed by atoms with Crippen LogP contribution in [0.5, 0.6) is 17.4 Å². The zero-order chi connectivity index (χ0) is 14.6. The second kappa shape index (κ2) is 4.11. The zero-order valence-electron chi connectivity index (χ0n) is 10.7. The predicted octanol–water partition coefficient (Wildman–Crippen LogP) is 2.24. The Kier molecular flexibility index (Phi) is 2.44. The summed E-state index contributed by atoms with van der Waals surface area (Å²) in [6.07, 6.45) is 1.65. The summed E-state index contributed by atoms with van der Waals surface area (Å²) in [5.41, 5.74) is 6.33. The van der Waals surface area contributed by atoms with Crippen LogP contribution in [0.1, 0.15) is 11.1 Å². The van der Waals surface area contributed by atoms with Gasteiger partial charge in [-0.2, -0.15) is 0 Å². The number of amidine groups is 1. The number of aliphatic imine (C=N–C) groups is 1. The number of halogens is 1. The van der Waals surface area contributed by atoms with Gasteiger partial charge in [-0.05, 0) is 40.2 Å². The number of hydrogen-bond donors (Lipinski definition) is 2. The van der Waals surface area contributed by atoms with Gasteiger partial charge in [-0.15, -0.1) is 0 Å². The number of aromatic hydroxyl groups is 1. The van der Waals surface area contributed by atoms with E-state index in [1.807, 2.05) is 6.07 Å². The Morgan fingerprint density at radius 1 is 1.29 bits per heavy atom. The second-order valence-electron chi connectivity index (χ2n) is 4.89. The summed E-state index contributed by atoms with van der Waals surface area (Å²) in [6.45, 7) is 0.240. The molecule has 0 saturated carbocycles. The van der Waals surface area contributed by atoms with Gasteiger partial charge in [0.25, 0.3) is 6.02 Å². The number of rotatable bonds is 0. The van der Waals surface area contributed by atoms with E-state index in [0.717, 1.165) is 10.0 Å². The van der Waals surface area contributed by atoms with Gasteiger partial charge in [-0.3, -0.25) is 0 Å². The molecule has 0 unspecified atom stereocenters. The number of fused-ring (bicyclic) bond motifs is 4. The van der Waals surface area contributed by atoms with Crippen LogP contribution in [0, 0.1) is 0 Å². The number of nitrogens with zero attached hydrogens (tertiary/aromatic N) is 2. The van der Waals surface area contributed by atoms with E-state index in [-0.39, 0.29) is 18.4 Å². The van der Waals surface area contributed by atoms with Gasteiger partial charge in [-0.25, -0.2) is 9.98 Å². The van der Waals surface area contributed by atoms with Gasteiger partial charge in [-0.1, -0.05) is 0 Å². The minimum Gasteiger partial charge on any atom is -0.508 e. The largest absolute Gasteiger partial charge is 0.508 e. The number of hydrogen-bond acceptors (Lipinski definition) is 6. The fraction of sp³-hybridized carbons (Fsp3) is 0.143. The van der Waals surface area contributed by atoms with E-state index >= 15 is 0 Å². The van der Waals surface area contributed by atoms with Crippen LogP contribution >= 0.6 is 15.9 Å². The van der Waals surface area contributed by atoms with Crippen molar-refractivity contribution in [3.05, 3.63) is 46.1 Å². The minimum absolute atomic E-state index is 0.108. The van der Waals surface area contributed by atoms with E-state index < -0.39 is 5.54 Å². The van der Waals surface area contributed by atoms with Crippen LogP contribution in [-0.2, 0) is 10.3 Å². The summed E-state index contributed by atoms with van der Waals surface area (Å²) in [5, 5.41) is 9.80. The summed E-state index contributed by atoms with van der Waals surface area (Å²) in [5.74, 6) is 1.17. The van der Waals surface area contributed by atoms with Gasteiger partial charge in [0.15, 0.2) is 5.54 Å². The quantitative estimate of drug-likeness (QED) is 0.762. The number of pyridine rings is 1.